The van der Waals surface area contributed by atoms with Gasteiger partial charge in [0.25, 0.3) is 0 Å². The van der Waals surface area contributed by atoms with Crippen LogP contribution in [0.1, 0.15) is 73.6 Å². The summed E-state index contributed by atoms with van der Waals surface area (Å²) >= 11 is 0. The lowest BCUT2D eigenvalue weighted by Crippen LogP contribution is -2.48. The summed E-state index contributed by atoms with van der Waals surface area (Å²) in [6.07, 6.45) is 6.17. The molecule has 0 radical (unpaired) electrons. The van der Waals surface area contributed by atoms with Gasteiger partial charge in [-0.05, 0) is 47.7 Å². The van der Waals surface area contributed by atoms with Crippen LogP contribution in [0.25, 0.3) is 0 Å². The summed E-state index contributed by atoms with van der Waals surface area (Å²) in [6, 6.07) is 0. The van der Waals surface area contributed by atoms with Crippen LogP contribution in [0.3, 0.4) is 0 Å². The van der Waals surface area contributed by atoms with E-state index in [-0.39, 0.29) is 0 Å². The van der Waals surface area contributed by atoms with Crippen LogP contribution < -0.4 is 0 Å². The molecule has 0 spiro atoms. The predicted octanol–water partition coefficient (Wildman–Crippen LogP) is 5.37. The Morgan fingerprint density at radius 1 is 0.952 bits per heavy atom. The number of aliphatic hydroxyl groups is 1. The lowest BCUT2D eigenvalue weighted by Gasteiger charge is -2.43. The Kier molecular flexibility index (Phi) is 7.94. The molecule has 0 aliphatic heterocycles. The Hall–Kier alpha value is 0.137. The van der Waals surface area contributed by atoms with E-state index in [0.717, 1.165) is 24.9 Å². The third-order valence-electron chi connectivity index (χ3n) is 5.80. The summed E-state index contributed by atoms with van der Waals surface area (Å²) in [5.74, 6) is 1.52. The normalized spacial score (nSPS) is 23.7. The average molecular weight is 315 g/mol. The quantitative estimate of drug-likeness (QED) is 0.580. The summed E-state index contributed by atoms with van der Waals surface area (Å²) in [5, 5.41) is 9.07. The monoisotopic (exact) mass is 314 g/mol. The van der Waals surface area contributed by atoms with Crippen LogP contribution in [0.15, 0.2) is 0 Å². The molecule has 1 rings (SSSR count). The molecule has 1 saturated carbocycles. The molecule has 0 aromatic heterocycles. The molecule has 0 bridgehead atoms. The average Bonchev–Trinajstić information content (AvgIpc) is 2.83. The first kappa shape index (κ1) is 19.2. The first-order valence-electron chi connectivity index (χ1n) is 9.11. The first-order chi connectivity index (χ1) is 9.86. The van der Waals surface area contributed by atoms with E-state index < -0.39 is 8.32 Å². The molecule has 0 saturated heterocycles. The molecule has 1 N–H and O–H groups in total. The van der Waals surface area contributed by atoms with Gasteiger partial charge in [-0.2, -0.15) is 0 Å². The van der Waals surface area contributed by atoms with Crippen LogP contribution >= 0.6 is 0 Å². The van der Waals surface area contributed by atoms with Gasteiger partial charge in [-0.25, -0.2) is 0 Å². The van der Waals surface area contributed by atoms with Crippen LogP contribution in [-0.2, 0) is 4.43 Å². The van der Waals surface area contributed by atoms with Crippen molar-refractivity contribution in [3.8, 4) is 0 Å². The standard InChI is InChI=1S/C18H38O2Si/c1-14(2)21(15(3)4,16(5)6)20-13-18-10-7-9-17(18)11-8-12-19/h14-19H,7-13H2,1-6H3/t17-,18+/m0/s1. The van der Waals surface area contributed by atoms with E-state index in [1.165, 1.54) is 25.7 Å². The topological polar surface area (TPSA) is 29.5 Å². The zero-order valence-electron chi connectivity index (χ0n) is 15.2. The van der Waals surface area contributed by atoms with E-state index in [0.29, 0.717) is 23.2 Å². The minimum Gasteiger partial charge on any atom is -0.416 e. The molecule has 1 aliphatic carbocycles. The Bertz CT molecular complexity index is 267. The molecule has 2 nitrogen and oxygen atoms in total. The van der Waals surface area contributed by atoms with Gasteiger partial charge in [0.05, 0.1) is 0 Å². The van der Waals surface area contributed by atoms with E-state index in [1.54, 1.807) is 0 Å². The smallest absolute Gasteiger partial charge is 0.200 e. The number of aliphatic hydroxyl groups excluding tert-OH is 1. The molecular weight excluding hydrogens is 276 g/mol. The lowest BCUT2D eigenvalue weighted by molar-refractivity contribution is 0.179. The molecule has 1 aliphatic rings. The zero-order valence-corrected chi connectivity index (χ0v) is 16.2. The van der Waals surface area contributed by atoms with Crippen molar-refractivity contribution in [1.82, 2.24) is 0 Å². The summed E-state index contributed by atoms with van der Waals surface area (Å²) in [7, 11) is -1.71. The Morgan fingerprint density at radius 3 is 1.95 bits per heavy atom. The molecule has 0 unspecified atom stereocenters. The maximum absolute atomic E-state index is 9.07. The van der Waals surface area contributed by atoms with Crippen molar-refractivity contribution in [3.05, 3.63) is 0 Å². The molecule has 0 aromatic carbocycles. The van der Waals surface area contributed by atoms with Crippen molar-refractivity contribution in [2.24, 2.45) is 11.8 Å². The van der Waals surface area contributed by atoms with Crippen molar-refractivity contribution in [3.63, 3.8) is 0 Å². The SMILES string of the molecule is CC(C)[Si](OC[C@H]1CCC[C@H]1CCCO)(C(C)C)C(C)C. The van der Waals surface area contributed by atoms with Gasteiger partial charge in [-0.3, -0.25) is 0 Å². The molecule has 2 atom stereocenters. The fraction of sp³-hybridized carbons (Fsp3) is 1.00. The van der Waals surface area contributed by atoms with Crippen molar-refractivity contribution < 1.29 is 9.53 Å². The second-order valence-electron chi connectivity index (χ2n) is 7.95. The van der Waals surface area contributed by atoms with E-state index in [2.05, 4.69) is 41.5 Å². The molecule has 0 amide bonds. The van der Waals surface area contributed by atoms with Gasteiger partial charge in [-0.15, -0.1) is 0 Å². The summed E-state index contributed by atoms with van der Waals surface area (Å²) in [5.41, 5.74) is 2.03. The van der Waals surface area contributed by atoms with Gasteiger partial charge in [0.1, 0.15) is 0 Å². The fourth-order valence-corrected chi connectivity index (χ4v) is 10.3. The second-order valence-corrected chi connectivity index (χ2v) is 13.4. The van der Waals surface area contributed by atoms with Crippen molar-refractivity contribution in [2.45, 2.75) is 90.3 Å². The van der Waals surface area contributed by atoms with Crippen LogP contribution in [-0.4, -0.2) is 26.6 Å². The van der Waals surface area contributed by atoms with Crippen molar-refractivity contribution >= 4 is 8.32 Å². The summed E-state index contributed by atoms with van der Waals surface area (Å²) in [4.78, 5) is 0. The maximum Gasteiger partial charge on any atom is 0.200 e. The molecular formula is C18H38O2Si. The van der Waals surface area contributed by atoms with Gasteiger partial charge in [0, 0.05) is 13.2 Å². The van der Waals surface area contributed by atoms with Crippen LogP contribution in [0, 0.1) is 11.8 Å². The predicted molar refractivity (Wildman–Crippen MR) is 94.2 cm³/mol. The Balaban J connectivity index is 2.68. The summed E-state index contributed by atoms with van der Waals surface area (Å²) in [6.45, 7) is 15.5. The molecule has 0 aromatic rings. The highest BCUT2D eigenvalue weighted by Gasteiger charge is 2.45. The third-order valence-corrected chi connectivity index (χ3v) is 11.9. The fourth-order valence-electron chi connectivity index (χ4n) is 4.82. The van der Waals surface area contributed by atoms with E-state index >= 15 is 0 Å². The largest absolute Gasteiger partial charge is 0.416 e. The molecule has 126 valence electrons. The van der Waals surface area contributed by atoms with Crippen molar-refractivity contribution in [2.75, 3.05) is 13.2 Å². The van der Waals surface area contributed by atoms with E-state index in [1.807, 2.05) is 0 Å². The summed E-state index contributed by atoms with van der Waals surface area (Å²) < 4.78 is 6.78. The highest BCUT2D eigenvalue weighted by Crippen LogP contribution is 2.44. The van der Waals surface area contributed by atoms with Gasteiger partial charge in [0.2, 0.25) is 0 Å². The van der Waals surface area contributed by atoms with E-state index in [9.17, 15) is 0 Å². The highest BCUT2D eigenvalue weighted by molar-refractivity contribution is 6.77. The second kappa shape index (κ2) is 8.69. The molecule has 1 fully saturated rings. The molecule has 21 heavy (non-hydrogen) atoms. The Morgan fingerprint density at radius 2 is 1.48 bits per heavy atom. The van der Waals surface area contributed by atoms with E-state index in [4.69, 9.17) is 9.53 Å². The Labute approximate surface area is 133 Å². The first-order valence-corrected chi connectivity index (χ1v) is 11.2. The maximum atomic E-state index is 9.07. The number of rotatable bonds is 9. The van der Waals surface area contributed by atoms with Crippen LogP contribution in [0.2, 0.25) is 16.6 Å². The van der Waals surface area contributed by atoms with Gasteiger partial charge < -0.3 is 9.53 Å². The van der Waals surface area contributed by atoms with Gasteiger partial charge in [0.15, 0.2) is 8.32 Å². The molecule has 0 heterocycles. The number of hydrogen-bond donors (Lipinski definition) is 1. The highest BCUT2D eigenvalue weighted by atomic mass is 28.4. The van der Waals surface area contributed by atoms with Crippen LogP contribution in [0.4, 0.5) is 0 Å². The van der Waals surface area contributed by atoms with Crippen molar-refractivity contribution in [1.29, 1.82) is 0 Å². The lowest BCUT2D eigenvalue weighted by atomic mass is 9.92. The minimum absolute atomic E-state index is 0.340. The zero-order chi connectivity index (χ0) is 16.0. The molecule has 3 heteroatoms. The van der Waals surface area contributed by atoms with Gasteiger partial charge >= 0.3 is 0 Å². The minimum atomic E-state index is -1.71. The third kappa shape index (κ3) is 4.55. The van der Waals surface area contributed by atoms with Crippen LogP contribution in [0.5, 0.6) is 0 Å². The van der Waals surface area contributed by atoms with Gasteiger partial charge in [-0.1, -0.05) is 54.4 Å². The number of hydrogen-bond acceptors (Lipinski definition) is 2.